The van der Waals surface area contributed by atoms with Crippen LogP contribution in [0.5, 0.6) is 5.75 Å². The van der Waals surface area contributed by atoms with E-state index in [1.807, 2.05) is 0 Å². The van der Waals surface area contributed by atoms with E-state index in [1.54, 1.807) is 0 Å². The summed E-state index contributed by atoms with van der Waals surface area (Å²) in [6.45, 7) is -0.495. The highest BCUT2D eigenvalue weighted by atomic mass is 32.2. The van der Waals surface area contributed by atoms with Gasteiger partial charge in [0.25, 0.3) is 5.91 Å². The molecule has 0 saturated carbocycles. The predicted octanol–water partition coefficient (Wildman–Crippen LogP) is 0.255. The van der Waals surface area contributed by atoms with E-state index >= 15 is 0 Å². The summed E-state index contributed by atoms with van der Waals surface area (Å²) in [6.07, 6.45) is 1.02. The van der Waals surface area contributed by atoms with E-state index in [9.17, 15) is 18.0 Å². The molecule has 0 atom stereocenters. The van der Waals surface area contributed by atoms with Gasteiger partial charge >= 0.3 is 5.97 Å². The number of amides is 1. The first kappa shape index (κ1) is 16.0. The fourth-order valence-corrected chi connectivity index (χ4v) is 2.21. The second-order valence-corrected chi connectivity index (χ2v) is 6.20. The van der Waals surface area contributed by atoms with Gasteiger partial charge in [-0.25, -0.2) is 8.42 Å². The van der Waals surface area contributed by atoms with Gasteiger partial charge in [-0.3, -0.25) is 9.59 Å². The van der Waals surface area contributed by atoms with Crippen molar-refractivity contribution in [2.45, 2.75) is 4.90 Å². The lowest BCUT2D eigenvalue weighted by Crippen LogP contribution is -2.32. The van der Waals surface area contributed by atoms with Crippen LogP contribution in [0.1, 0.15) is 10.4 Å². The van der Waals surface area contributed by atoms with Crippen LogP contribution in [0.15, 0.2) is 23.1 Å². The van der Waals surface area contributed by atoms with Gasteiger partial charge in [-0.05, 0) is 18.2 Å². The Morgan fingerprint density at radius 2 is 1.95 bits per heavy atom. The smallest absolute Gasteiger partial charge is 0.323 e. The molecule has 8 heteroatoms. The molecule has 0 radical (unpaired) electrons. The molecule has 0 aliphatic heterocycles. The summed E-state index contributed by atoms with van der Waals surface area (Å²) in [6, 6.07) is 3.86. The lowest BCUT2D eigenvalue weighted by Gasteiger charge is -2.17. The van der Waals surface area contributed by atoms with Crippen LogP contribution in [0.25, 0.3) is 0 Å². The molecule has 0 heterocycles. The topological polar surface area (TPSA) is 101 Å². The minimum absolute atomic E-state index is 0.000764. The zero-order valence-corrected chi connectivity index (χ0v) is 12.1. The highest BCUT2D eigenvalue weighted by Crippen LogP contribution is 2.23. The fraction of sp³-hybridized carbons (Fsp3) is 0.333. The Labute approximate surface area is 116 Å². The molecule has 0 spiro atoms. The summed E-state index contributed by atoms with van der Waals surface area (Å²) >= 11 is 0. The maximum atomic E-state index is 12.1. The Morgan fingerprint density at radius 3 is 2.40 bits per heavy atom. The standard InChI is InChI=1S/C12H15NO6S/c1-13(7-11(14)15)12(16)9-6-8(20(3,17)18)4-5-10(9)19-2/h4-6H,7H2,1-3H3,(H,14,15). The molecule has 1 N–H and O–H groups in total. The summed E-state index contributed by atoms with van der Waals surface area (Å²) in [4.78, 5) is 23.7. The highest BCUT2D eigenvalue weighted by molar-refractivity contribution is 7.90. The van der Waals surface area contributed by atoms with Crippen LogP contribution in [0.2, 0.25) is 0 Å². The zero-order valence-electron chi connectivity index (χ0n) is 11.3. The second kappa shape index (κ2) is 5.91. The van der Waals surface area contributed by atoms with Crippen molar-refractivity contribution in [3.8, 4) is 5.75 Å². The van der Waals surface area contributed by atoms with Gasteiger partial charge in [0.2, 0.25) is 0 Å². The first-order valence-corrected chi connectivity index (χ1v) is 7.41. The molecule has 1 aromatic rings. The molecule has 1 aromatic carbocycles. The Kier molecular flexibility index (Phi) is 4.72. The molecule has 20 heavy (non-hydrogen) atoms. The SMILES string of the molecule is COc1ccc(S(C)(=O)=O)cc1C(=O)N(C)CC(=O)O. The number of carboxylic acid groups (broad SMARTS) is 1. The lowest BCUT2D eigenvalue weighted by atomic mass is 10.1. The first-order chi connectivity index (χ1) is 9.16. The van der Waals surface area contributed by atoms with E-state index in [0.717, 1.165) is 11.2 Å². The van der Waals surface area contributed by atoms with Crippen LogP contribution >= 0.6 is 0 Å². The van der Waals surface area contributed by atoms with Gasteiger partial charge in [-0.2, -0.15) is 0 Å². The van der Waals surface area contributed by atoms with Gasteiger partial charge in [0.05, 0.1) is 17.6 Å². The Morgan fingerprint density at radius 1 is 1.35 bits per heavy atom. The maximum Gasteiger partial charge on any atom is 0.323 e. The van der Waals surface area contributed by atoms with E-state index in [-0.39, 0.29) is 16.2 Å². The number of aliphatic carboxylic acids is 1. The van der Waals surface area contributed by atoms with Crippen molar-refractivity contribution in [2.75, 3.05) is 27.0 Å². The molecule has 0 fully saturated rings. The van der Waals surface area contributed by atoms with Gasteiger partial charge in [0.1, 0.15) is 12.3 Å². The number of methoxy groups -OCH3 is 1. The molecule has 110 valence electrons. The fourth-order valence-electron chi connectivity index (χ4n) is 1.57. The van der Waals surface area contributed by atoms with Gasteiger partial charge in [-0.15, -0.1) is 0 Å². The van der Waals surface area contributed by atoms with Crippen molar-refractivity contribution in [3.63, 3.8) is 0 Å². The van der Waals surface area contributed by atoms with Crippen LogP contribution in [0.3, 0.4) is 0 Å². The molecule has 0 aliphatic rings. The average Bonchev–Trinajstić information content (AvgIpc) is 2.35. The summed E-state index contributed by atoms with van der Waals surface area (Å²) in [5.74, 6) is -1.62. The van der Waals surface area contributed by atoms with E-state index in [1.165, 1.54) is 32.4 Å². The van der Waals surface area contributed by atoms with E-state index in [2.05, 4.69) is 0 Å². The summed E-state index contributed by atoms with van der Waals surface area (Å²) in [5, 5.41) is 8.67. The summed E-state index contributed by atoms with van der Waals surface area (Å²) in [5.41, 5.74) is -0.000764. The van der Waals surface area contributed by atoms with Crippen molar-refractivity contribution in [1.29, 1.82) is 0 Å². The minimum atomic E-state index is -3.48. The minimum Gasteiger partial charge on any atom is -0.496 e. The zero-order chi connectivity index (χ0) is 15.5. The molecule has 0 saturated heterocycles. The predicted molar refractivity (Wildman–Crippen MR) is 70.7 cm³/mol. The third-order valence-electron chi connectivity index (χ3n) is 2.55. The Balaban J connectivity index is 3.27. The number of ether oxygens (including phenoxy) is 1. The van der Waals surface area contributed by atoms with Crippen LogP contribution in [0.4, 0.5) is 0 Å². The molecule has 0 bridgehead atoms. The molecule has 0 aromatic heterocycles. The number of hydrogen-bond donors (Lipinski definition) is 1. The van der Waals surface area contributed by atoms with Crippen molar-refractivity contribution in [3.05, 3.63) is 23.8 Å². The highest BCUT2D eigenvalue weighted by Gasteiger charge is 2.21. The van der Waals surface area contributed by atoms with E-state index in [4.69, 9.17) is 9.84 Å². The second-order valence-electron chi connectivity index (χ2n) is 4.19. The number of carbonyl (C=O) groups excluding carboxylic acids is 1. The van der Waals surface area contributed by atoms with E-state index in [0.29, 0.717) is 0 Å². The third-order valence-corrected chi connectivity index (χ3v) is 3.66. The summed E-state index contributed by atoms with van der Waals surface area (Å²) < 4.78 is 28.0. The van der Waals surface area contributed by atoms with Gasteiger partial charge in [-0.1, -0.05) is 0 Å². The Bertz CT molecular complexity index is 637. The maximum absolute atomic E-state index is 12.1. The van der Waals surface area contributed by atoms with Gasteiger partial charge in [0.15, 0.2) is 9.84 Å². The average molecular weight is 301 g/mol. The largest absolute Gasteiger partial charge is 0.496 e. The quantitative estimate of drug-likeness (QED) is 0.837. The molecule has 1 rings (SSSR count). The number of likely N-dealkylation sites (N-methyl/N-ethyl adjacent to an activating group) is 1. The van der Waals surface area contributed by atoms with Gasteiger partial charge < -0.3 is 14.7 Å². The first-order valence-electron chi connectivity index (χ1n) is 5.52. The number of hydrogen-bond acceptors (Lipinski definition) is 5. The van der Waals surface area contributed by atoms with Crippen molar-refractivity contribution < 1.29 is 27.9 Å². The number of nitrogens with zero attached hydrogens (tertiary/aromatic N) is 1. The number of rotatable bonds is 5. The van der Waals surface area contributed by atoms with Crippen molar-refractivity contribution >= 4 is 21.7 Å². The molecular formula is C12H15NO6S. The number of carboxylic acids is 1. The van der Waals surface area contributed by atoms with Crippen molar-refractivity contribution in [1.82, 2.24) is 4.90 Å². The molecular weight excluding hydrogens is 286 g/mol. The summed E-state index contributed by atoms with van der Waals surface area (Å²) in [7, 11) is -0.830. The van der Waals surface area contributed by atoms with Crippen LogP contribution < -0.4 is 4.74 Å². The number of benzene rings is 1. The van der Waals surface area contributed by atoms with Crippen molar-refractivity contribution in [2.24, 2.45) is 0 Å². The molecule has 1 amide bonds. The Hall–Kier alpha value is -2.09. The normalized spacial score (nSPS) is 10.9. The molecule has 0 aliphatic carbocycles. The van der Waals surface area contributed by atoms with E-state index < -0.39 is 28.3 Å². The molecule has 7 nitrogen and oxygen atoms in total. The number of carbonyl (C=O) groups is 2. The van der Waals surface area contributed by atoms with Gasteiger partial charge in [0, 0.05) is 13.3 Å². The lowest BCUT2D eigenvalue weighted by molar-refractivity contribution is -0.137. The van der Waals surface area contributed by atoms with Crippen LogP contribution in [-0.2, 0) is 14.6 Å². The molecule has 0 unspecified atom stereocenters. The monoisotopic (exact) mass is 301 g/mol. The third kappa shape index (κ3) is 3.70. The van der Waals surface area contributed by atoms with Crippen LogP contribution in [0, 0.1) is 0 Å². The number of sulfone groups is 1. The van der Waals surface area contributed by atoms with Crippen LogP contribution in [-0.4, -0.2) is 57.3 Å².